The first kappa shape index (κ1) is 68.5. The number of likely N-dealkylation sites (tertiary alicyclic amines) is 3. The summed E-state index contributed by atoms with van der Waals surface area (Å²) in [4.78, 5) is 71.5. The number of fused-ring (bicyclic) bond motifs is 3. The molecule has 524 valence electrons. The molecule has 1 aliphatic carbocycles. The molecule has 0 spiro atoms. The molecule has 0 N–H and O–H groups in total. The van der Waals surface area contributed by atoms with Crippen LogP contribution in [0.25, 0.3) is 65.7 Å². The maximum atomic E-state index is 13.0. The first-order chi connectivity index (χ1) is 49.4. The van der Waals surface area contributed by atoms with E-state index < -0.39 is 0 Å². The minimum atomic E-state index is -0.268. The van der Waals surface area contributed by atoms with Crippen LogP contribution in [0.15, 0.2) is 166 Å². The Hall–Kier alpha value is -10.7. The first-order valence-electron chi connectivity index (χ1n) is 35.7. The number of benzene rings is 3. The van der Waals surface area contributed by atoms with Crippen molar-refractivity contribution in [3.8, 4) is 33.4 Å². The van der Waals surface area contributed by atoms with Gasteiger partial charge in [0.05, 0.1) is 97.4 Å². The predicted octanol–water partition coefficient (Wildman–Crippen LogP) is 12.8. The molecule has 9 aromatic heterocycles. The van der Waals surface area contributed by atoms with E-state index in [-0.39, 0.29) is 54.9 Å². The number of carbonyl (C=O) groups is 4. The van der Waals surface area contributed by atoms with Gasteiger partial charge in [-0.3, -0.25) is 57.4 Å². The summed E-state index contributed by atoms with van der Waals surface area (Å²) in [5.74, 6) is 0.0949. The van der Waals surface area contributed by atoms with Crippen molar-refractivity contribution in [3.63, 3.8) is 0 Å². The van der Waals surface area contributed by atoms with Crippen LogP contribution in [0, 0.1) is 0 Å². The highest BCUT2D eigenvalue weighted by atomic mass is 16.6. The molecule has 3 saturated heterocycles. The largest absolute Gasteiger partial charge is 0.447 e. The SMILES string of the molecule is CC(C)N1CCC(n2cc(C(=O)Cc3cc4cc(-c5cnn(C)c5)ccc4cn3)cn2)CC1.CC(C)OC(=O)N1CCC(n2cc(C(=O)Cc3cc4cc(-c5cnn(C)c5)ccc4cn3)cn2)CC1.Cn1cc(-c2ccc3cnc(CC(=O)c4cnn(C5CCN(C6CC6)CC5)c4)cc3c2)cn1. The molecule has 23 nitrogen and oxygen atoms in total. The number of rotatable bonds is 18. The summed E-state index contributed by atoms with van der Waals surface area (Å²) in [5.41, 5.74) is 10.6. The van der Waals surface area contributed by atoms with E-state index >= 15 is 0 Å². The molecule has 3 aromatic carbocycles. The van der Waals surface area contributed by atoms with Crippen molar-refractivity contribution in [1.29, 1.82) is 0 Å². The molecule has 3 aliphatic heterocycles. The van der Waals surface area contributed by atoms with Gasteiger partial charge >= 0.3 is 6.09 Å². The van der Waals surface area contributed by atoms with Gasteiger partial charge < -0.3 is 19.4 Å². The molecule has 0 radical (unpaired) electrons. The van der Waals surface area contributed by atoms with Gasteiger partial charge in [-0.15, -0.1) is 0 Å². The monoisotopic (exact) mass is 1370 g/mol. The number of hydrogen-bond donors (Lipinski definition) is 0. The van der Waals surface area contributed by atoms with Gasteiger partial charge in [0.1, 0.15) is 0 Å². The third-order valence-corrected chi connectivity index (χ3v) is 20.2. The van der Waals surface area contributed by atoms with Crippen LogP contribution in [0.2, 0.25) is 0 Å². The number of hydrogen-bond acceptors (Lipinski definition) is 16. The van der Waals surface area contributed by atoms with E-state index in [1.165, 1.54) is 12.8 Å². The summed E-state index contributed by atoms with van der Waals surface area (Å²) in [7, 11) is 5.72. The number of ketones is 3. The Morgan fingerprint density at radius 2 is 0.735 bits per heavy atom. The number of pyridine rings is 3. The van der Waals surface area contributed by atoms with E-state index in [9.17, 15) is 19.2 Å². The van der Waals surface area contributed by atoms with Crippen LogP contribution in [-0.2, 0) is 45.1 Å². The maximum Gasteiger partial charge on any atom is 0.410 e. The van der Waals surface area contributed by atoms with E-state index in [0.717, 1.165) is 154 Å². The molecule has 0 unspecified atom stereocenters. The summed E-state index contributed by atoms with van der Waals surface area (Å²) in [5, 5.41) is 32.6. The number of amides is 1. The number of carbonyl (C=O) groups excluding carboxylic acids is 4. The van der Waals surface area contributed by atoms with E-state index in [4.69, 9.17) is 4.74 Å². The number of aromatic nitrogens is 15. The van der Waals surface area contributed by atoms with Gasteiger partial charge in [0.2, 0.25) is 0 Å². The topological polar surface area (TPSA) is 233 Å². The summed E-state index contributed by atoms with van der Waals surface area (Å²) in [6.07, 6.45) is 36.7. The van der Waals surface area contributed by atoms with Crippen molar-refractivity contribution in [2.45, 2.75) is 135 Å². The van der Waals surface area contributed by atoms with Crippen LogP contribution in [0.5, 0.6) is 0 Å². The van der Waals surface area contributed by atoms with Crippen molar-refractivity contribution in [1.82, 2.24) is 88.3 Å². The minimum absolute atomic E-state index is 0.0190. The Balaban J connectivity index is 0.000000130. The summed E-state index contributed by atoms with van der Waals surface area (Å²) >= 11 is 0. The molecule has 16 rings (SSSR count). The fourth-order valence-corrected chi connectivity index (χ4v) is 14.2. The second kappa shape index (κ2) is 30.3. The van der Waals surface area contributed by atoms with Crippen molar-refractivity contribution >= 4 is 55.8 Å². The zero-order chi connectivity index (χ0) is 70.5. The van der Waals surface area contributed by atoms with Crippen molar-refractivity contribution in [3.05, 3.63) is 200 Å². The van der Waals surface area contributed by atoms with Gasteiger partial charge in [0.15, 0.2) is 17.3 Å². The van der Waals surface area contributed by atoms with Crippen LogP contribution in [0.3, 0.4) is 0 Å². The van der Waals surface area contributed by atoms with Gasteiger partial charge in [-0.25, -0.2) is 4.79 Å². The lowest BCUT2D eigenvalue weighted by Gasteiger charge is -2.34. The molecule has 23 heteroatoms. The Kier molecular flexibility index (Phi) is 20.3. The zero-order valence-corrected chi connectivity index (χ0v) is 59.2. The number of aryl methyl sites for hydroxylation is 3. The highest BCUT2D eigenvalue weighted by molar-refractivity contribution is 5.99. The smallest absolute Gasteiger partial charge is 0.410 e. The molecular formula is C79H88N18O5. The average Bonchev–Trinajstić information content (AvgIpc) is 1.18. The molecule has 0 atom stereocenters. The lowest BCUT2D eigenvalue weighted by Crippen LogP contribution is -2.40. The van der Waals surface area contributed by atoms with Crippen molar-refractivity contribution < 1.29 is 23.9 Å². The van der Waals surface area contributed by atoms with Crippen LogP contribution in [0.4, 0.5) is 4.79 Å². The Labute approximate surface area is 593 Å². The van der Waals surface area contributed by atoms with Crippen molar-refractivity contribution in [2.24, 2.45) is 21.1 Å². The van der Waals surface area contributed by atoms with Gasteiger partial charge in [-0.2, -0.15) is 30.6 Å². The summed E-state index contributed by atoms with van der Waals surface area (Å²) in [6.45, 7) is 13.8. The van der Waals surface area contributed by atoms with E-state index in [1.807, 2.05) is 148 Å². The normalized spacial score (nSPS) is 15.8. The predicted molar refractivity (Wildman–Crippen MR) is 392 cm³/mol. The second-order valence-electron chi connectivity index (χ2n) is 28.4. The molecule has 4 aliphatic rings. The molecule has 12 aromatic rings. The third-order valence-electron chi connectivity index (χ3n) is 20.2. The molecular weight excluding hydrogens is 1280 g/mol. The summed E-state index contributed by atoms with van der Waals surface area (Å²) in [6, 6.07) is 27.1. The van der Waals surface area contributed by atoms with Gasteiger partial charge in [-0.05, 0) is 148 Å². The third kappa shape index (κ3) is 16.4. The first-order valence-corrected chi connectivity index (χ1v) is 35.7. The van der Waals surface area contributed by atoms with E-state index in [2.05, 4.69) is 118 Å². The molecule has 1 amide bonds. The van der Waals surface area contributed by atoms with E-state index in [0.29, 0.717) is 47.9 Å². The average molecular weight is 1370 g/mol. The molecule has 0 bridgehead atoms. The summed E-state index contributed by atoms with van der Waals surface area (Å²) < 4.78 is 16.5. The highest BCUT2D eigenvalue weighted by Gasteiger charge is 2.33. The maximum absolute atomic E-state index is 13.0. The van der Waals surface area contributed by atoms with Gasteiger partial charge in [0.25, 0.3) is 0 Å². The zero-order valence-electron chi connectivity index (χ0n) is 59.2. The molecule has 12 heterocycles. The standard InChI is InChI=1S/C27H30N6O3.C26H28N6O.C26H30N6O/c1-18(2)36-27(35)32-8-6-25(7-9-32)33-17-23(15-30-33)26(34)12-24-11-21-10-19(4-5-20(21)13-28-24)22-14-29-31(3)16-22;1-30-16-21(14-28-30)18-2-3-19-13-27-23(11-20(19)10-18)12-26(33)22-15-29-32(17-22)25-6-8-31(9-7-25)24-4-5-24;1-18(2)31-8-6-25(7-9-31)32-17-23(15-29-32)26(33)12-24-11-21-10-19(4-5-20(21)13-27-24)22-14-28-30(3)16-22/h4-5,10-11,13-18,25H,6-9,12H2,1-3H3;2-3,10-11,13-17,24-25H,4-9,12H2,1H3;4-5,10-11,13-18,25H,6-9,12H2,1-3H3. The number of piperidine rings is 3. The Morgan fingerprint density at radius 1 is 0.382 bits per heavy atom. The van der Waals surface area contributed by atoms with Crippen molar-refractivity contribution in [2.75, 3.05) is 39.3 Å². The van der Waals surface area contributed by atoms with Crippen LogP contribution in [0.1, 0.15) is 145 Å². The van der Waals surface area contributed by atoms with Crippen LogP contribution < -0.4 is 0 Å². The van der Waals surface area contributed by atoms with Crippen LogP contribution >= 0.6 is 0 Å². The minimum Gasteiger partial charge on any atom is -0.447 e. The Bertz CT molecular complexity index is 4770. The van der Waals surface area contributed by atoms with Gasteiger partial charge in [0, 0.05) is 178 Å². The van der Waals surface area contributed by atoms with Crippen LogP contribution in [-0.4, -0.2) is 169 Å². The molecule has 102 heavy (non-hydrogen) atoms. The molecule has 4 fully saturated rings. The quantitative estimate of drug-likeness (QED) is 0.0727. The number of ether oxygens (including phenoxy) is 1. The molecule has 1 saturated carbocycles. The lowest BCUT2D eigenvalue weighted by molar-refractivity contribution is 0.0653. The second-order valence-corrected chi connectivity index (χ2v) is 28.4. The lowest BCUT2D eigenvalue weighted by atomic mass is 10.0. The van der Waals surface area contributed by atoms with E-state index in [1.54, 1.807) is 37.5 Å². The number of nitrogens with zero attached hydrogens (tertiary/aromatic N) is 18. The number of Topliss-reactive ketones (excluding diaryl/α,β-unsaturated/α-hetero) is 3. The fraction of sp³-hybridized carbons (Fsp3) is 0.380. The highest BCUT2D eigenvalue weighted by Crippen LogP contribution is 2.34. The Morgan fingerprint density at radius 3 is 1.06 bits per heavy atom. The van der Waals surface area contributed by atoms with Gasteiger partial charge in [-0.1, -0.05) is 36.4 Å². The fourth-order valence-electron chi connectivity index (χ4n) is 14.2.